The number of ether oxygens (including phenoxy) is 3. The zero-order valence-electron chi connectivity index (χ0n) is 11.1. The SMILES string of the molecule is COc1c(C2(C(F)(F)F)NN2)cc(N)c(OCI)c1OC. The summed E-state index contributed by atoms with van der Waals surface area (Å²) < 4.78 is 55.4. The van der Waals surface area contributed by atoms with E-state index >= 15 is 0 Å². The number of hydrogen-bond acceptors (Lipinski definition) is 6. The highest BCUT2D eigenvalue weighted by atomic mass is 127. The van der Waals surface area contributed by atoms with Crippen molar-refractivity contribution in [2.75, 3.05) is 24.6 Å². The van der Waals surface area contributed by atoms with Gasteiger partial charge in [-0.3, -0.25) is 0 Å². The Kier molecular flexibility index (Phi) is 4.31. The molecule has 0 saturated carbocycles. The molecule has 0 spiro atoms. The molecule has 2 rings (SSSR count). The minimum atomic E-state index is -4.58. The number of anilines is 1. The maximum Gasteiger partial charge on any atom is 0.426 e. The summed E-state index contributed by atoms with van der Waals surface area (Å²) in [7, 11) is 2.55. The lowest BCUT2D eigenvalue weighted by molar-refractivity contribution is -0.165. The molecule has 0 aromatic heterocycles. The smallest absolute Gasteiger partial charge is 0.426 e. The molecule has 1 aromatic rings. The second-order valence-corrected chi connectivity index (χ2v) is 4.78. The molecule has 1 saturated heterocycles. The maximum atomic E-state index is 13.2. The molecular formula is C11H13F3IN3O3. The second kappa shape index (κ2) is 5.57. The van der Waals surface area contributed by atoms with Crippen LogP contribution < -0.4 is 30.8 Å². The summed E-state index contributed by atoms with van der Waals surface area (Å²) in [4.78, 5) is 0. The summed E-state index contributed by atoms with van der Waals surface area (Å²) in [5.41, 5.74) is 7.40. The van der Waals surface area contributed by atoms with Crippen molar-refractivity contribution in [1.82, 2.24) is 10.9 Å². The van der Waals surface area contributed by atoms with Crippen LogP contribution in [0.2, 0.25) is 0 Å². The minimum Gasteiger partial charge on any atom is -0.492 e. The van der Waals surface area contributed by atoms with E-state index in [1.165, 1.54) is 14.2 Å². The molecule has 6 nitrogen and oxygen atoms in total. The number of halogens is 4. The number of alkyl halides is 4. The van der Waals surface area contributed by atoms with E-state index in [1.54, 1.807) is 0 Å². The minimum absolute atomic E-state index is 0.0169. The molecule has 21 heavy (non-hydrogen) atoms. The van der Waals surface area contributed by atoms with E-state index < -0.39 is 11.8 Å². The van der Waals surface area contributed by atoms with E-state index in [1.807, 2.05) is 22.6 Å². The molecule has 1 fully saturated rings. The predicted molar refractivity (Wildman–Crippen MR) is 77.5 cm³/mol. The number of hydrazine groups is 1. The number of benzene rings is 1. The fraction of sp³-hybridized carbons (Fsp3) is 0.455. The van der Waals surface area contributed by atoms with Crippen LogP contribution in [0, 0.1) is 0 Å². The van der Waals surface area contributed by atoms with Crippen LogP contribution in [0.3, 0.4) is 0 Å². The molecule has 1 aliphatic heterocycles. The van der Waals surface area contributed by atoms with Crippen molar-refractivity contribution in [2.24, 2.45) is 0 Å². The van der Waals surface area contributed by atoms with Gasteiger partial charge in [0.25, 0.3) is 0 Å². The van der Waals surface area contributed by atoms with Gasteiger partial charge in [-0.15, -0.1) is 0 Å². The third-order valence-electron chi connectivity index (χ3n) is 3.03. The van der Waals surface area contributed by atoms with E-state index in [0.717, 1.165) is 6.07 Å². The quantitative estimate of drug-likeness (QED) is 0.292. The number of methoxy groups -OCH3 is 2. The molecule has 4 N–H and O–H groups in total. The Bertz CT molecular complexity index is 550. The van der Waals surface area contributed by atoms with E-state index in [9.17, 15) is 13.2 Å². The number of rotatable bonds is 5. The van der Waals surface area contributed by atoms with Crippen molar-refractivity contribution < 1.29 is 27.4 Å². The van der Waals surface area contributed by atoms with Gasteiger partial charge in [-0.05, 0) is 28.7 Å². The zero-order chi connectivity index (χ0) is 15.8. The van der Waals surface area contributed by atoms with Gasteiger partial charge in [0.2, 0.25) is 11.4 Å². The van der Waals surface area contributed by atoms with Gasteiger partial charge in [0.05, 0.1) is 19.9 Å². The van der Waals surface area contributed by atoms with Gasteiger partial charge in [0.1, 0.15) is 4.61 Å². The standard InChI is InChI=1S/C11H13F3IN3O3/c1-19-7-5(10(17-18-10)11(12,13)14)3-6(16)8(21-4-15)9(7)20-2/h3,17-18H,4,16H2,1-2H3. The van der Waals surface area contributed by atoms with Gasteiger partial charge in [0.15, 0.2) is 11.5 Å². The third kappa shape index (κ3) is 2.55. The molecule has 0 aliphatic carbocycles. The van der Waals surface area contributed by atoms with Crippen molar-refractivity contribution in [3.8, 4) is 17.2 Å². The van der Waals surface area contributed by atoms with Crippen LogP contribution in [0.15, 0.2) is 6.07 Å². The zero-order valence-corrected chi connectivity index (χ0v) is 13.3. The first kappa shape index (κ1) is 16.2. The topological polar surface area (TPSA) is 97.6 Å². The van der Waals surface area contributed by atoms with Crippen LogP contribution in [0.25, 0.3) is 0 Å². The van der Waals surface area contributed by atoms with E-state index in [-0.39, 0.29) is 33.1 Å². The molecule has 1 heterocycles. The molecule has 118 valence electrons. The van der Waals surface area contributed by atoms with Crippen LogP contribution in [0.5, 0.6) is 17.2 Å². The monoisotopic (exact) mass is 419 g/mol. The Hall–Kier alpha value is -1.14. The number of hydrogen-bond donors (Lipinski definition) is 3. The summed E-state index contributed by atoms with van der Waals surface area (Å²) in [6.07, 6.45) is -4.58. The van der Waals surface area contributed by atoms with Gasteiger partial charge >= 0.3 is 6.18 Å². The predicted octanol–water partition coefficient (Wildman–Crippen LogP) is 1.88. The Morgan fingerprint density at radius 2 is 1.76 bits per heavy atom. The van der Waals surface area contributed by atoms with Crippen LogP contribution in [0.4, 0.5) is 18.9 Å². The average Bonchev–Trinajstić information content (AvgIpc) is 3.21. The van der Waals surface area contributed by atoms with Gasteiger partial charge in [0, 0.05) is 5.56 Å². The van der Waals surface area contributed by atoms with Crippen molar-refractivity contribution in [3.05, 3.63) is 11.6 Å². The molecule has 0 unspecified atom stereocenters. The number of nitrogens with one attached hydrogen (secondary N) is 2. The summed E-state index contributed by atoms with van der Waals surface area (Å²) >= 11 is 1.94. The first-order valence-corrected chi connectivity index (χ1v) is 7.19. The highest BCUT2D eigenvalue weighted by Crippen LogP contribution is 2.52. The van der Waals surface area contributed by atoms with Crippen molar-refractivity contribution >= 4 is 28.3 Å². The number of nitrogens with two attached hydrogens (primary N) is 1. The lowest BCUT2D eigenvalue weighted by Gasteiger charge is -2.23. The summed E-state index contributed by atoms with van der Waals surface area (Å²) in [6, 6.07) is 1.16. The van der Waals surface area contributed by atoms with Gasteiger partial charge in [-0.1, -0.05) is 0 Å². The normalized spacial score (nSPS) is 16.5. The highest BCUT2D eigenvalue weighted by Gasteiger charge is 2.67. The van der Waals surface area contributed by atoms with E-state index in [2.05, 4.69) is 10.9 Å². The first-order chi connectivity index (χ1) is 9.82. The largest absolute Gasteiger partial charge is 0.492 e. The van der Waals surface area contributed by atoms with Gasteiger partial charge in [-0.2, -0.15) is 13.2 Å². The van der Waals surface area contributed by atoms with Crippen molar-refractivity contribution in [3.63, 3.8) is 0 Å². The molecule has 0 bridgehead atoms. The lowest BCUT2D eigenvalue weighted by atomic mass is 10.00. The molecule has 1 aliphatic rings. The Balaban J connectivity index is 2.66. The van der Waals surface area contributed by atoms with Crippen LogP contribution in [-0.2, 0) is 5.66 Å². The first-order valence-electron chi connectivity index (χ1n) is 5.67. The summed E-state index contributed by atoms with van der Waals surface area (Å²) in [5, 5.41) is 0. The second-order valence-electron chi connectivity index (χ2n) is 4.16. The molecule has 0 amide bonds. The van der Waals surface area contributed by atoms with E-state index in [0.29, 0.717) is 0 Å². The van der Waals surface area contributed by atoms with Crippen molar-refractivity contribution in [1.29, 1.82) is 0 Å². The fourth-order valence-electron chi connectivity index (χ4n) is 2.00. The molecule has 0 atom stereocenters. The Morgan fingerprint density at radius 1 is 1.19 bits per heavy atom. The molecule has 10 heteroatoms. The third-order valence-corrected chi connectivity index (χ3v) is 3.34. The highest BCUT2D eigenvalue weighted by molar-refractivity contribution is 14.1. The van der Waals surface area contributed by atoms with E-state index in [4.69, 9.17) is 19.9 Å². The van der Waals surface area contributed by atoms with Gasteiger partial charge in [-0.25, -0.2) is 10.9 Å². The Labute approximate surface area is 132 Å². The van der Waals surface area contributed by atoms with Crippen LogP contribution in [-0.4, -0.2) is 25.0 Å². The summed E-state index contributed by atoms with van der Waals surface area (Å²) in [6.45, 7) is 0. The summed E-state index contributed by atoms with van der Waals surface area (Å²) in [5.74, 6) is 0.0649. The fourth-order valence-corrected chi connectivity index (χ4v) is 2.32. The molecule has 1 aromatic carbocycles. The molecule has 0 radical (unpaired) electrons. The van der Waals surface area contributed by atoms with Crippen molar-refractivity contribution in [2.45, 2.75) is 11.8 Å². The average molecular weight is 419 g/mol. The number of nitrogen functional groups attached to an aromatic ring is 1. The lowest BCUT2D eigenvalue weighted by Crippen LogP contribution is -2.35. The molecular weight excluding hydrogens is 406 g/mol. The Morgan fingerprint density at radius 3 is 2.14 bits per heavy atom. The van der Waals surface area contributed by atoms with Gasteiger partial charge < -0.3 is 19.9 Å². The maximum absolute atomic E-state index is 13.2. The van der Waals surface area contributed by atoms with Crippen LogP contribution >= 0.6 is 22.6 Å². The van der Waals surface area contributed by atoms with Crippen LogP contribution in [0.1, 0.15) is 5.56 Å².